The van der Waals surface area contributed by atoms with Crippen molar-refractivity contribution < 1.29 is 0 Å². The van der Waals surface area contributed by atoms with Gasteiger partial charge in [0, 0.05) is 8.95 Å². The van der Waals surface area contributed by atoms with Crippen LogP contribution in [0.3, 0.4) is 0 Å². The Morgan fingerprint density at radius 2 is 1.82 bits per heavy atom. The summed E-state index contributed by atoms with van der Waals surface area (Å²) in [7, 11) is 0. The first-order chi connectivity index (χ1) is 5.15. The van der Waals surface area contributed by atoms with Crippen LogP contribution in [0.25, 0.3) is 0 Å². The number of nitriles is 1. The molecule has 1 aromatic rings. The third kappa shape index (κ3) is 1.73. The van der Waals surface area contributed by atoms with E-state index in [1.165, 1.54) is 0 Å². The van der Waals surface area contributed by atoms with Crippen molar-refractivity contribution in [2.75, 3.05) is 5.73 Å². The second-order valence-corrected chi connectivity index (χ2v) is 3.67. The third-order valence-corrected chi connectivity index (χ3v) is 3.06. The van der Waals surface area contributed by atoms with Crippen molar-refractivity contribution >= 4 is 37.5 Å². The number of benzene rings is 1. The highest BCUT2D eigenvalue weighted by atomic mass is 79.9. The molecule has 0 bridgehead atoms. The van der Waals surface area contributed by atoms with Crippen molar-refractivity contribution in [1.29, 1.82) is 5.26 Å². The Hall–Kier alpha value is -0.530. The molecule has 2 nitrogen and oxygen atoms in total. The first-order valence-corrected chi connectivity index (χ1v) is 4.38. The molecule has 4 heteroatoms. The Morgan fingerprint density at radius 1 is 1.27 bits per heavy atom. The van der Waals surface area contributed by atoms with Crippen LogP contribution in [0.4, 0.5) is 5.69 Å². The van der Waals surface area contributed by atoms with Gasteiger partial charge < -0.3 is 5.73 Å². The van der Waals surface area contributed by atoms with Crippen molar-refractivity contribution in [3.05, 3.63) is 26.6 Å². The molecule has 11 heavy (non-hydrogen) atoms. The average molecular weight is 276 g/mol. The van der Waals surface area contributed by atoms with Crippen molar-refractivity contribution in [3.8, 4) is 6.07 Å². The molecular formula is C7H4Br2N2. The molecule has 0 unspecified atom stereocenters. The zero-order valence-corrected chi connectivity index (χ0v) is 8.61. The molecule has 0 aromatic heterocycles. The van der Waals surface area contributed by atoms with E-state index in [1.54, 1.807) is 12.1 Å². The molecule has 0 aliphatic carbocycles. The van der Waals surface area contributed by atoms with E-state index in [-0.39, 0.29) is 0 Å². The van der Waals surface area contributed by atoms with Gasteiger partial charge in [0.05, 0.1) is 11.3 Å². The quantitative estimate of drug-likeness (QED) is 0.740. The van der Waals surface area contributed by atoms with Gasteiger partial charge >= 0.3 is 0 Å². The Balaban J connectivity index is 3.35. The highest BCUT2D eigenvalue weighted by molar-refractivity contribution is 9.13. The largest absolute Gasteiger partial charge is 0.398 e. The molecule has 0 aliphatic rings. The van der Waals surface area contributed by atoms with Crippen LogP contribution >= 0.6 is 31.9 Å². The van der Waals surface area contributed by atoms with Crippen LogP contribution in [-0.2, 0) is 0 Å². The lowest BCUT2D eigenvalue weighted by Crippen LogP contribution is -1.89. The molecule has 0 fully saturated rings. The smallest absolute Gasteiger partial charge is 0.101 e. The van der Waals surface area contributed by atoms with Gasteiger partial charge in [0.1, 0.15) is 6.07 Å². The topological polar surface area (TPSA) is 49.8 Å². The molecule has 0 saturated heterocycles. The summed E-state index contributed by atoms with van der Waals surface area (Å²) in [5, 5.41) is 8.57. The Kier molecular flexibility index (Phi) is 2.53. The zero-order chi connectivity index (χ0) is 8.43. The summed E-state index contributed by atoms with van der Waals surface area (Å²) in [4.78, 5) is 0. The molecule has 0 aliphatic heterocycles. The molecular weight excluding hydrogens is 272 g/mol. The van der Waals surface area contributed by atoms with E-state index in [2.05, 4.69) is 31.9 Å². The van der Waals surface area contributed by atoms with E-state index in [0.717, 1.165) is 8.95 Å². The summed E-state index contributed by atoms with van der Waals surface area (Å²) in [5.74, 6) is 0. The van der Waals surface area contributed by atoms with E-state index < -0.39 is 0 Å². The van der Waals surface area contributed by atoms with E-state index >= 15 is 0 Å². The SMILES string of the molecule is N#Cc1cc(Br)c(Br)cc1N. The van der Waals surface area contributed by atoms with Gasteiger partial charge in [-0.05, 0) is 44.0 Å². The Bertz CT molecular complexity index is 328. The fraction of sp³-hybridized carbons (Fsp3) is 0. The number of anilines is 1. The molecule has 2 N–H and O–H groups in total. The van der Waals surface area contributed by atoms with Crippen LogP contribution in [0.2, 0.25) is 0 Å². The number of rotatable bonds is 0. The average Bonchev–Trinajstić information content (AvgIpc) is 1.97. The van der Waals surface area contributed by atoms with Gasteiger partial charge in [-0.25, -0.2) is 0 Å². The molecule has 1 rings (SSSR count). The predicted molar refractivity (Wildman–Crippen MR) is 51.0 cm³/mol. The highest BCUT2D eigenvalue weighted by Crippen LogP contribution is 2.27. The number of halogens is 2. The van der Waals surface area contributed by atoms with E-state index in [9.17, 15) is 0 Å². The number of nitrogens with two attached hydrogens (primary N) is 1. The standard InChI is InChI=1S/C7H4Br2N2/c8-5-1-4(3-10)7(11)2-6(5)9/h1-2H,11H2. The Labute approximate surface area is 81.3 Å². The molecule has 0 atom stereocenters. The molecule has 0 heterocycles. The van der Waals surface area contributed by atoms with Crippen LogP contribution in [0.15, 0.2) is 21.1 Å². The van der Waals surface area contributed by atoms with Gasteiger partial charge in [0.2, 0.25) is 0 Å². The maximum Gasteiger partial charge on any atom is 0.101 e. The second kappa shape index (κ2) is 3.24. The monoisotopic (exact) mass is 274 g/mol. The number of hydrogen-bond donors (Lipinski definition) is 1. The van der Waals surface area contributed by atoms with Crippen LogP contribution < -0.4 is 5.73 Å². The highest BCUT2D eigenvalue weighted by Gasteiger charge is 2.02. The van der Waals surface area contributed by atoms with Crippen LogP contribution in [0, 0.1) is 11.3 Å². The predicted octanol–water partition coefficient (Wildman–Crippen LogP) is 2.67. The van der Waals surface area contributed by atoms with Crippen molar-refractivity contribution in [1.82, 2.24) is 0 Å². The minimum absolute atomic E-state index is 0.486. The number of nitrogen functional groups attached to an aromatic ring is 1. The summed E-state index contributed by atoms with van der Waals surface area (Å²) < 4.78 is 1.69. The van der Waals surface area contributed by atoms with Gasteiger partial charge in [0.15, 0.2) is 0 Å². The summed E-state index contributed by atoms with van der Waals surface area (Å²) >= 11 is 6.54. The molecule has 0 spiro atoms. The second-order valence-electron chi connectivity index (χ2n) is 1.97. The van der Waals surface area contributed by atoms with Crippen molar-refractivity contribution in [3.63, 3.8) is 0 Å². The zero-order valence-electron chi connectivity index (χ0n) is 5.44. The van der Waals surface area contributed by atoms with Gasteiger partial charge in [-0.15, -0.1) is 0 Å². The van der Waals surface area contributed by atoms with Crippen molar-refractivity contribution in [2.45, 2.75) is 0 Å². The maximum absolute atomic E-state index is 8.57. The number of nitrogens with zero attached hydrogens (tertiary/aromatic N) is 1. The molecule has 0 saturated carbocycles. The normalized spacial score (nSPS) is 9.18. The van der Waals surface area contributed by atoms with Crippen LogP contribution in [-0.4, -0.2) is 0 Å². The molecule has 56 valence electrons. The first kappa shape index (κ1) is 8.57. The molecule has 0 amide bonds. The van der Waals surface area contributed by atoms with Crippen LogP contribution in [0.1, 0.15) is 5.56 Å². The van der Waals surface area contributed by atoms with E-state index in [0.29, 0.717) is 11.3 Å². The van der Waals surface area contributed by atoms with Gasteiger partial charge in [0.25, 0.3) is 0 Å². The van der Waals surface area contributed by atoms with E-state index in [4.69, 9.17) is 11.0 Å². The molecule has 0 radical (unpaired) electrons. The minimum Gasteiger partial charge on any atom is -0.398 e. The van der Waals surface area contributed by atoms with Crippen LogP contribution in [0.5, 0.6) is 0 Å². The lowest BCUT2D eigenvalue weighted by molar-refractivity contribution is 1.46. The first-order valence-electron chi connectivity index (χ1n) is 2.79. The summed E-state index contributed by atoms with van der Waals surface area (Å²) in [5.41, 5.74) is 6.50. The van der Waals surface area contributed by atoms with Gasteiger partial charge in [-0.1, -0.05) is 0 Å². The summed E-state index contributed by atoms with van der Waals surface area (Å²) in [6.07, 6.45) is 0. The number of hydrogen-bond acceptors (Lipinski definition) is 2. The third-order valence-electron chi connectivity index (χ3n) is 1.21. The van der Waals surface area contributed by atoms with Crippen molar-refractivity contribution in [2.24, 2.45) is 0 Å². The van der Waals surface area contributed by atoms with E-state index in [1.807, 2.05) is 6.07 Å². The lowest BCUT2D eigenvalue weighted by Gasteiger charge is -1.99. The van der Waals surface area contributed by atoms with Gasteiger partial charge in [-0.3, -0.25) is 0 Å². The van der Waals surface area contributed by atoms with Gasteiger partial charge in [-0.2, -0.15) is 5.26 Å². The maximum atomic E-state index is 8.57. The minimum atomic E-state index is 0.486. The lowest BCUT2D eigenvalue weighted by atomic mass is 10.2. The fourth-order valence-electron chi connectivity index (χ4n) is 0.659. The fourth-order valence-corrected chi connectivity index (χ4v) is 1.36. The molecule has 1 aromatic carbocycles. The summed E-state index contributed by atoms with van der Waals surface area (Å²) in [6.45, 7) is 0. The summed E-state index contributed by atoms with van der Waals surface area (Å²) in [6, 6.07) is 5.36. The Morgan fingerprint density at radius 3 is 2.36 bits per heavy atom.